The molecule has 2 N–H and O–H groups in total. The lowest BCUT2D eigenvalue weighted by molar-refractivity contribution is 0.296. The number of aromatic nitrogens is 1. The Morgan fingerprint density at radius 3 is 2.42 bits per heavy atom. The van der Waals surface area contributed by atoms with E-state index in [1.54, 1.807) is 18.4 Å². The van der Waals surface area contributed by atoms with E-state index in [4.69, 9.17) is 0 Å². The second kappa shape index (κ2) is 10.3. The molecule has 2 rings (SSSR count). The molecule has 0 saturated carbocycles. The summed E-state index contributed by atoms with van der Waals surface area (Å²) in [5.41, 5.74) is 3.72. The second-order valence-corrected chi connectivity index (χ2v) is 7.60. The molecule has 1 aromatic heterocycles. The molecule has 0 saturated heterocycles. The first-order chi connectivity index (χ1) is 12.5. The lowest BCUT2D eigenvalue weighted by atomic mass is 10.1. The maximum Gasteiger partial charge on any atom is 0.191 e. The Morgan fingerprint density at radius 1 is 1.12 bits per heavy atom. The highest BCUT2D eigenvalue weighted by Crippen LogP contribution is 2.15. The molecule has 0 fully saturated rings. The number of nitrogens with zero attached hydrogens (tertiary/aromatic N) is 3. The Labute approximate surface area is 161 Å². The van der Waals surface area contributed by atoms with Crippen LogP contribution in [0.5, 0.6) is 0 Å². The summed E-state index contributed by atoms with van der Waals surface area (Å²) >= 11 is 1.73. The molecule has 1 heterocycles. The average Bonchev–Trinajstić information content (AvgIpc) is 2.98. The SMILES string of the molecule is CCN(CC)Cc1cccc(CNC(=NC)NCc2nc(C)c(C)s2)c1. The molecule has 0 amide bonds. The third-order valence-electron chi connectivity index (χ3n) is 4.46. The molecule has 0 radical (unpaired) electrons. The summed E-state index contributed by atoms with van der Waals surface area (Å²) in [6.07, 6.45) is 0. The minimum atomic E-state index is 0.695. The van der Waals surface area contributed by atoms with Crippen molar-refractivity contribution in [1.29, 1.82) is 0 Å². The van der Waals surface area contributed by atoms with Crippen LogP contribution in [0.2, 0.25) is 0 Å². The molecule has 1 aromatic carbocycles. The second-order valence-electron chi connectivity index (χ2n) is 6.31. The number of guanidine groups is 1. The van der Waals surface area contributed by atoms with E-state index in [2.05, 4.69) is 70.5 Å². The number of nitrogens with one attached hydrogen (secondary N) is 2. The van der Waals surface area contributed by atoms with Gasteiger partial charge in [0.1, 0.15) is 5.01 Å². The quantitative estimate of drug-likeness (QED) is 0.550. The number of hydrogen-bond donors (Lipinski definition) is 2. The first-order valence-electron chi connectivity index (χ1n) is 9.23. The highest BCUT2D eigenvalue weighted by atomic mass is 32.1. The Kier molecular flexibility index (Phi) is 8.06. The van der Waals surface area contributed by atoms with Crippen molar-refractivity contribution in [1.82, 2.24) is 20.5 Å². The molecule has 5 nitrogen and oxygen atoms in total. The van der Waals surface area contributed by atoms with Crippen molar-refractivity contribution in [2.45, 2.75) is 47.3 Å². The molecule has 0 aliphatic heterocycles. The van der Waals surface area contributed by atoms with Gasteiger partial charge < -0.3 is 10.6 Å². The number of rotatable bonds is 8. The summed E-state index contributed by atoms with van der Waals surface area (Å²) in [5.74, 6) is 0.796. The van der Waals surface area contributed by atoms with E-state index in [9.17, 15) is 0 Å². The number of hydrogen-bond acceptors (Lipinski definition) is 4. The molecule has 0 spiro atoms. The van der Waals surface area contributed by atoms with Gasteiger partial charge in [0, 0.05) is 25.0 Å². The smallest absolute Gasteiger partial charge is 0.191 e. The fourth-order valence-electron chi connectivity index (χ4n) is 2.72. The topological polar surface area (TPSA) is 52.5 Å². The maximum absolute atomic E-state index is 4.56. The minimum absolute atomic E-state index is 0.695. The van der Waals surface area contributed by atoms with Crippen LogP contribution in [0.3, 0.4) is 0 Å². The lowest BCUT2D eigenvalue weighted by Crippen LogP contribution is -2.36. The van der Waals surface area contributed by atoms with Crippen molar-refractivity contribution in [3.8, 4) is 0 Å². The van der Waals surface area contributed by atoms with Crippen molar-refractivity contribution in [3.63, 3.8) is 0 Å². The summed E-state index contributed by atoms with van der Waals surface area (Å²) in [6.45, 7) is 13.2. The van der Waals surface area contributed by atoms with Gasteiger partial charge >= 0.3 is 0 Å². The number of aryl methyl sites for hydroxylation is 2. The number of benzene rings is 1. The monoisotopic (exact) mass is 373 g/mol. The molecule has 2 aromatic rings. The lowest BCUT2D eigenvalue weighted by Gasteiger charge is -2.18. The van der Waals surface area contributed by atoms with Crippen LogP contribution in [0, 0.1) is 13.8 Å². The van der Waals surface area contributed by atoms with E-state index in [1.807, 2.05) is 6.92 Å². The molecular formula is C20H31N5S. The summed E-state index contributed by atoms with van der Waals surface area (Å²) in [5, 5.41) is 7.82. The standard InChI is InChI=1S/C20H31N5S/c1-6-25(7-2)14-18-10-8-9-17(11-18)12-22-20(21-5)23-13-19-24-15(3)16(4)26-19/h8-11H,6-7,12-14H2,1-5H3,(H2,21,22,23). The van der Waals surface area contributed by atoms with Gasteiger partial charge in [-0.25, -0.2) is 4.98 Å². The molecular weight excluding hydrogens is 342 g/mol. The Morgan fingerprint density at radius 2 is 1.81 bits per heavy atom. The highest BCUT2D eigenvalue weighted by molar-refractivity contribution is 7.11. The molecule has 26 heavy (non-hydrogen) atoms. The van der Waals surface area contributed by atoms with E-state index in [0.29, 0.717) is 6.54 Å². The fourth-order valence-corrected chi connectivity index (χ4v) is 3.60. The van der Waals surface area contributed by atoms with Crippen molar-refractivity contribution in [2.75, 3.05) is 20.1 Å². The van der Waals surface area contributed by atoms with Crippen LogP contribution in [0.1, 0.15) is 40.6 Å². The Bertz CT molecular complexity index is 699. The van der Waals surface area contributed by atoms with Crippen LogP contribution in [0.15, 0.2) is 29.3 Å². The number of aliphatic imine (C=N–C) groups is 1. The third-order valence-corrected chi connectivity index (χ3v) is 5.53. The minimum Gasteiger partial charge on any atom is -0.352 e. The highest BCUT2D eigenvalue weighted by Gasteiger charge is 2.06. The van der Waals surface area contributed by atoms with Gasteiger partial charge in [-0.15, -0.1) is 11.3 Å². The predicted octanol–water partition coefficient (Wildman–Crippen LogP) is 3.47. The van der Waals surface area contributed by atoms with Crippen molar-refractivity contribution in [2.24, 2.45) is 4.99 Å². The van der Waals surface area contributed by atoms with Gasteiger partial charge in [0.25, 0.3) is 0 Å². The van der Waals surface area contributed by atoms with Gasteiger partial charge in [0.2, 0.25) is 0 Å². The normalized spacial score (nSPS) is 11.8. The Balaban J connectivity index is 1.87. The molecule has 6 heteroatoms. The maximum atomic E-state index is 4.56. The summed E-state index contributed by atoms with van der Waals surface area (Å²) in [6, 6.07) is 8.75. The van der Waals surface area contributed by atoms with E-state index in [0.717, 1.165) is 42.8 Å². The fraction of sp³-hybridized carbons (Fsp3) is 0.500. The van der Waals surface area contributed by atoms with Crippen LogP contribution >= 0.6 is 11.3 Å². The van der Waals surface area contributed by atoms with Crippen LogP contribution in [-0.4, -0.2) is 36.0 Å². The molecule has 0 aliphatic carbocycles. The van der Waals surface area contributed by atoms with Crippen LogP contribution in [0.25, 0.3) is 0 Å². The van der Waals surface area contributed by atoms with E-state index >= 15 is 0 Å². The van der Waals surface area contributed by atoms with Crippen molar-refractivity contribution in [3.05, 3.63) is 51.0 Å². The predicted molar refractivity (Wildman–Crippen MR) is 112 cm³/mol. The largest absolute Gasteiger partial charge is 0.352 e. The summed E-state index contributed by atoms with van der Waals surface area (Å²) < 4.78 is 0. The van der Waals surface area contributed by atoms with Gasteiger partial charge in [-0.1, -0.05) is 38.1 Å². The van der Waals surface area contributed by atoms with Crippen LogP contribution < -0.4 is 10.6 Å². The zero-order valence-corrected chi connectivity index (χ0v) is 17.4. The van der Waals surface area contributed by atoms with Gasteiger partial charge in [-0.2, -0.15) is 0 Å². The van der Waals surface area contributed by atoms with Gasteiger partial charge in [-0.05, 0) is 38.1 Å². The zero-order valence-electron chi connectivity index (χ0n) is 16.6. The van der Waals surface area contributed by atoms with Gasteiger partial charge in [0.05, 0.1) is 12.2 Å². The third kappa shape index (κ3) is 6.11. The molecule has 0 unspecified atom stereocenters. The van der Waals surface area contributed by atoms with Crippen molar-refractivity contribution >= 4 is 17.3 Å². The molecule has 0 bridgehead atoms. The van der Waals surface area contributed by atoms with E-state index in [1.165, 1.54) is 16.0 Å². The molecule has 0 atom stereocenters. The first-order valence-corrected chi connectivity index (χ1v) is 10.0. The van der Waals surface area contributed by atoms with E-state index in [-0.39, 0.29) is 0 Å². The molecule has 0 aliphatic rings. The summed E-state index contributed by atoms with van der Waals surface area (Å²) in [4.78, 5) is 12.6. The van der Waals surface area contributed by atoms with E-state index < -0.39 is 0 Å². The van der Waals surface area contributed by atoms with Crippen LogP contribution in [-0.2, 0) is 19.6 Å². The zero-order chi connectivity index (χ0) is 18.9. The summed E-state index contributed by atoms with van der Waals surface area (Å²) in [7, 11) is 1.80. The van der Waals surface area contributed by atoms with Crippen LogP contribution in [0.4, 0.5) is 0 Å². The van der Waals surface area contributed by atoms with Gasteiger partial charge in [-0.3, -0.25) is 9.89 Å². The molecule has 142 valence electrons. The van der Waals surface area contributed by atoms with Gasteiger partial charge in [0.15, 0.2) is 5.96 Å². The first kappa shape index (κ1) is 20.4. The average molecular weight is 374 g/mol. The van der Waals surface area contributed by atoms with Crippen molar-refractivity contribution < 1.29 is 0 Å². The Hall–Kier alpha value is -1.92. The number of thiazole rings is 1.